The molecule has 1 saturated carbocycles. The minimum atomic E-state index is -0.447. The SMILES string of the molecule is CC1CCC(CNc2cccc(F)c2C#N)C1. The Kier molecular flexibility index (Phi) is 3.63. The van der Waals surface area contributed by atoms with Gasteiger partial charge in [-0.3, -0.25) is 0 Å². The Balaban J connectivity index is 2.00. The molecule has 1 N–H and O–H groups in total. The van der Waals surface area contributed by atoms with Crippen LogP contribution in [0.5, 0.6) is 0 Å². The van der Waals surface area contributed by atoms with Crippen LogP contribution in [0.25, 0.3) is 0 Å². The van der Waals surface area contributed by atoms with Gasteiger partial charge in [-0.1, -0.05) is 19.4 Å². The van der Waals surface area contributed by atoms with E-state index in [1.54, 1.807) is 12.1 Å². The average molecular weight is 232 g/mol. The predicted molar refractivity (Wildman–Crippen MR) is 66.1 cm³/mol. The molecule has 90 valence electrons. The van der Waals surface area contributed by atoms with E-state index >= 15 is 0 Å². The largest absolute Gasteiger partial charge is 0.384 e. The summed E-state index contributed by atoms with van der Waals surface area (Å²) in [6, 6.07) is 6.63. The molecule has 1 aliphatic carbocycles. The fourth-order valence-corrected chi connectivity index (χ4v) is 2.55. The van der Waals surface area contributed by atoms with E-state index in [0.29, 0.717) is 11.6 Å². The highest BCUT2D eigenvalue weighted by Gasteiger charge is 2.21. The quantitative estimate of drug-likeness (QED) is 0.865. The highest BCUT2D eigenvalue weighted by Crippen LogP contribution is 2.30. The van der Waals surface area contributed by atoms with Gasteiger partial charge in [0.1, 0.15) is 17.4 Å². The van der Waals surface area contributed by atoms with Gasteiger partial charge in [0.05, 0.1) is 5.69 Å². The van der Waals surface area contributed by atoms with Crippen molar-refractivity contribution in [2.75, 3.05) is 11.9 Å². The van der Waals surface area contributed by atoms with Crippen molar-refractivity contribution in [3.8, 4) is 6.07 Å². The highest BCUT2D eigenvalue weighted by atomic mass is 19.1. The fraction of sp³-hybridized carbons (Fsp3) is 0.500. The zero-order valence-corrected chi connectivity index (χ0v) is 10.0. The average Bonchev–Trinajstić information content (AvgIpc) is 2.72. The number of nitrogens with zero attached hydrogens (tertiary/aromatic N) is 1. The van der Waals surface area contributed by atoms with Gasteiger partial charge >= 0.3 is 0 Å². The lowest BCUT2D eigenvalue weighted by Crippen LogP contribution is -2.12. The second-order valence-corrected chi connectivity index (χ2v) is 4.94. The summed E-state index contributed by atoms with van der Waals surface area (Å²) in [5.41, 5.74) is 0.741. The lowest BCUT2D eigenvalue weighted by molar-refractivity contribution is 0.537. The molecule has 0 aliphatic heterocycles. The minimum absolute atomic E-state index is 0.124. The van der Waals surface area contributed by atoms with E-state index in [-0.39, 0.29) is 5.56 Å². The molecule has 0 saturated heterocycles. The highest BCUT2D eigenvalue weighted by molar-refractivity contribution is 5.57. The number of hydrogen-bond acceptors (Lipinski definition) is 2. The van der Waals surface area contributed by atoms with Crippen molar-refractivity contribution in [2.45, 2.75) is 26.2 Å². The Morgan fingerprint density at radius 1 is 1.47 bits per heavy atom. The fourth-order valence-electron chi connectivity index (χ4n) is 2.55. The third-order valence-electron chi connectivity index (χ3n) is 3.51. The third kappa shape index (κ3) is 2.76. The van der Waals surface area contributed by atoms with E-state index < -0.39 is 5.82 Å². The van der Waals surface area contributed by atoms with Crippen LogP contribution in [-0.2, 0) is 0 Å². The molecule has 0 amide bonds. The molecular weight excluding hydrogens is 215 g/mol. The van der Waals surface area contributed by atoms with Gasteiger partial charge in [-0.05, 0) is 36.8 Å². The summed E-state index contributed by atoms with van der Waals surface area (Å²) in [4.78, 5) is 0. The van der Waals surface area contributed by atoms with Gasteiger partial charge in [0, 0.05) is 6.54 Å². The van der Waals surface area contributed by atoms with Crippen molar-refractivity contribution >= 4 is 5.69 Å². The van der Waals surface area contributed by atoms with Crippen molar-refractivity contribution < 1.29 is 4.39 Å². The zero-order valence-electron chi connectivity index (χ0n) is 10.0. The molecule has 2 rings (SSSR count). The number of halogens is 1. The van der Waals surface area contributed by atoms with E-state index in [4.69, 9.17) is 5.26 Å². The van der Waals surface area contributed by atoms with E-state index in [1.165, 1.54) is 25.3 Å². The summed E-state index contributed by atoms with van der Waals surface area (Å²) in [7, 11) is 0. The first kappa shape index (κ1) is 11.9. The van der Waals surface area contributed by atoms with E-state index in [9.17, 15) is 4.39 Å². The summed E-state index contributed by atoms with van der Waals surface area (Å²) < 4.78 is 13.4. The molecule has 0 aromatic heterocycles. The molecule has 1 aromatic rings. The normalized spacial score (nSPS) is 23.4. The van der Waals surface area contributed by atoms with Gasteiger partial charge in [0.15, 0.2) is 0 Å². The number of nitriles is 1. The zero-order chi connectivity index (χ0) is 12.3. The second kappa shape index (κ2) is 5.18. The standard InChI is InChI=1S/C14H17FN2/c1-10-5-6-11(7-10)9-17-14-4-2-3-13(15)12(14)8-16/h2-4,10-11,17H,5-7,9H2,1H3. The number of rotatable bonds is 3. The van der Waals surface area contributed by atoms with Gasteiger partial charge in [0.25, 0.3) is 0 Å². The third-order valence-corrected chi connectivity index (χ3v) is 3.51. The van der Waals surface area contributed by atoms with Crippen LogP contribution < -0.4 is 5.32 Å². The maximum Gasteiger partial charge on any atom is 0.143 e. The molecule has 0 radical (unpaired) electrons. The summed E-state index contributed by atoms with van der Waals surface area (Å²) in [5, 5.41) is 12.1. The van der Waals surface area contributed by atoms with Crippen LogP contribution in [0.1, 0.15) is 31.7 Å². The lowest BCUT2D eigenvalue weighted by Gasteiger charge is -2.13. The molecule has 0 bridgehead atoms. The first-order valence-electron chi connectivity index (χ1n) is 6.13. The molecule has 3 heteroatoms. The van der Waals surface area contributed by atoms with Gasteiger partial charge in [-0.2, -0.15) is 5.26 Å². The first-order chi connectivity index (χ1) is 8.20. The van der Waals surface area contributed by atoms with Gasteiger partial charge in [-0.15, -0.1) is 0 Å². The summed E-state index contributed by atoms with van der Waals surface area (Å²) in [6.07, 6.45) is 3.73. The number of nitrogens with one attached hydrogen (secondary N) is 1. The molecule has 1 aromatic carbocycles. The van der Waals surface area contributed by atoms with Gasteiger partial charge in [0.2, 0.25) is 0 Å². The monoisotopic (exact) mass is 232 g/mol. The Bertz CT molecular complexity index is 436. The van der Waals surface area contributed by atoms with Crippen molar-refractivity contribution in [3.05, 3.63) is 29.6 Å². The summed E-state index contributed by atoms with van der Waals surface area (Å²) in [6.45, 7) is 3.10. The van der Waals surface area contributed by atoms with E-state index in [0.717, 1.165) is 12.5 Å². The Morgan fingerprint density at radius 3 is 2.94 bits per heavy atom. The molecule has 2 nitrogen and oxygen atoms in total. The summed E-state index contributed by atoms with van der Waals surface area (Å²) >= 11 is 0. The number of anilines is 1. The molecule has 2 atom stereocenters. The maximum atomic E-state index is 13.4. The topological polar surface area (TPSA) is 35.8 Å². The molecule has 2 unspecified atom stereocenters. The maximum absolute atomic E-state index is 13.4. The Morgan fingerprint density at radius 2 is 2.29 bits per heavy atom. The van der Waals surface area contributed by atoms with Gasteiger partial charge < -0.3 is 5.32 Å². The molecule has 1 aliphatic rings. The Hall–Kier alpha value is -1.56. The lowest BCUT2D eigenvalue weighted by atomic mass is 10.1. The molecule has 0 spiro atoms. The van der Waals surface area contributed by atoms with E-state index in [1.807, 2.05) is 6.07 Å². The smallest absolute Gasteiger partial charge is 0.143 e. The van der Waals surface area contributed by atoms with Crippen molar-refractivity contribution in [1.29, 1.82) is 5.26 Å². The van der Waals surface area contributed by atoms with Crippen molar-refractivity contribution in [1.82, 2.24) is 0 Å². The number of benzene rings is 1. The van der Waals surface area contributed by atoms with Crippen LogP contribution in [-0.4, -0.2) is 6.54 Å². The molecule has 1 fully saturated rings. The molecule has 0 heterocycles. The molecule has 17 heavy (non-hydrogen) atoms. The van der Waals surface area contributed by atoms with Crippen molar-refractivity contribution in [2.24, 2.45) is 11.8 Å². The van der Waals surface area contributed by atoms with Crippen LogP contribution in [0, 0.1) is 29.0 Å². The number of hydrogen-bond donors (Lipinski definition) is 1. The van der Waals surface area contributed by atoms with Crippen LogP contribution in [0.3, 0.4) is 0 Å². The van der Waals surface area contributed by atoms with Crippen LogP contribution >= 0.6 is 0 Å². The predicted octanol–water partition coefficient (Wildman–Crippen LogP) is 3.55. The first-order valence-corrected chi connectivity index (χ1v) is 6.13. The molecular formula is C14H17FN2. The van der Waals surface area contributed by atoms with Crippen LogP contribution in [0.2, 0.25) is 0 Å². The Labute approximate surface area is 101 Å². The van der Waals surface area contributed by atoms with Crippen LogP contribution in [0.4, 0.5) is 10.1 Å². The van der Waals surface area contributed by atoms with Gasteiger partial charge in [-0.25, -0.2) is 4.39 Å². The van der Waals surface area contributed by atoms with Crippen LogP contribution in [0.15, 0.2) is 18.2 Å². The van der Waals surface area contributed by atoms with Crippen molar-refractivity contribution in [3.63, 3.8) is 0 Å². The summed E-state index contributed by atoms with van der Waals surface area (Å²) in [5.74, 6) is 1.00. The van der Waals surface area contributed by atoms with E-state index in [2.05, 4.69) is 12.2 Å². The minimum Gasteiger partial charge on any atom is -0.384 e. The second-order valence-electron chi connectivity index (χ2n) is 4.94.